The molecular weight excluding hydrogens is 572 g/mol. The summed E-state index contributed by atoms with van der Waals surface area (Å²) in [6.45, 7) is 1.25. The van der Waals surface area contributed by atoms with Crippen molar-refractivity contribution in [1.82, 2.24) is 10.2 Å². The zero-order valence-electron chi connectivity index (χ0n) is 26.1. The minimum atomic E-state index is -0.363. The summed E-state index contributed by atoms with van der Waals surface area (Å²) < 4.78 is 11.8. The van der Waals surface area contributed by atoms with Gasteiger partial charge in [0.1, 0.15) is 13.2 Å². The van der Waals surface area contributed by atoms with Crippen LogP contribution in [0.1, 0.15) is 72.6 Å². The Morgan fingerprint density at radius 1 is 0.630 bits per heavy atom. The van der Waals surface area contributed by atoms with Gasteiger partial charge in [-0.05, 0) is 89.0 Å². The molecule has 0 saturated carbocycles. The van der Waals surface area contributed by atoms with E-state index in [9.17, 15) is 9.59 Å². The van der Waals surface area contributed by atoms with Crippen molar-refractivity contribution in [3.63, 3.8) is 0 Å². The van der Waals surface area contributed by atoms with Gasteiger partial charge in [-0.1, -0.05) is 97.1 Å². The minimum absolute atomic E-state index is 0.0553. The van der Waals surface area contributed by atoms with E-state index >= 15 is 0 Å². The molecule has 4 aromatic rings. The fourth-order valence-electron chi connectivity index (χ4n) is 8.72. The monoisotopic (exact) mass is 612 g/mol. The highest BCUT2D eigenvalue weighted by atomic mass is 16.6. The Morgan fingerprint density at radius 2 is 1.07 bits per heavy atom. The zero-order valence-corrected chi connectivity index (χ0v) is 26.1. The molecule has 2 bridgehead atoms. The van der Waals surface area contributed by atoms with E-state index in [1.165, 1.54) is 44.5 Å². The number of hydrogen-bond acceptors (Lipinski definition) is 4. The average molecular weight is 613 g/mol. The minimum Gasteiger partial charge on any atom is -0.449 e. The van der Waals surface area contributed by atoms with Gasteiger partial charge in [0.15, 0.2) is 0 Å². The number of benzene rings is 4. The summed E-state index contributed by atoms with van der Waals surface area (Å²) in [4.78, 5) is 28.3. The number of piperidine rings is 2. The number of alkyl carbamates (subject to hydrolysis) is 1. The van der Waals surface area contributed by atoms with E-state index in [1.54, 1.807) is 0 Å². The van der Waals surface area contributed by atoms with Crippen molar-refractivity contribution in [2.75, 3.05) is 19.8 Å². The second-order valence-electron chi connectivity index (χ2n) is 13.3. The maximum Gasteiger partial charge on any atom is 0.410 e. The molecule has 234 valence electrons. The molecule has 0 spiro atoms. The maximum atomic E-state index is 13.6. The van der Waals surface area contributed by atoms with Crippen molar-refractivity contribution < 1.29 is 19.1 Å². The molecule has 2 aliphatic heterocycles. The molecule has 4 aliphatic rings. The van der Waals surface area contributed by atoms with Crippen molar-refractivity contribution in [3.8, 4) is 22.3 Å². The first-order valence-corrected chi connectivity index (χ1v) is 16.9. The van der Waals surface area contributed by atoms with E-state index in [-0.39, 0.29) is 36.1 Å². The number of nitrogens with zero attached hydrogens (tertiary/aromatic N) is 1. The van der Waals surface area contributed by atoms with Gasteiger partial charge in [0.25, 0.3) is 0 Å². The lowest BCUT2D eigenvalue weighted by atomic mass is 9.77. The lowest BCUT2D eigenvalue weighted by Gasteiger charge is -2.48. The third-order valence-electron chi connectivity index (χ3n) is 10.8. The van der Waals surface area contributed by atoms with Crippen LogP contribution in [0.3, 0.4) is 0 Å². The van der Waals surface area contributed by atoms with Crippen LogP contribution in [0, 0.1) is 5.92 Å². The van der Waals surface area contributed by atoms with E-state index in [0.29, 0.717) is 25.7 Å². The number of carbonyl (C=O) groups excluding carboxylic acids is 2. The predicted octanol–water partition coefficient (Wildman–Crippen LogP) is 8.50. The molecule has 46 heavy (non-hydrogen) atoms. The quantitative estimate of drug-likeness (QED) is 0.227. The zero-order chi connectivity index (χ0) is 31.0. The molecule has 0 radical (unpaired) electrons. The second-order valence-corrected chi connectivity index (χ2v) is 13.3. The van der Waals surface area contributed by atoms with Gasteiger partial charge >= 0.3 is 12.2 Å². The lowest BCUT2D eigenvalue weighted by Crippen LogP contribution is -2.55. The van der Waals surface area contributed by atoms with Gasteiger partial charge in [-0.3, -0.25) is 0 Å². The smallest absolute Gasteiger partial charge is 0.410 e. The Kier molecular flexibility index (Phi) is 7.73. The number of amides is 2. The van der Waals surface area contributed by atoms with Gasteiger partial charge < -0.3 is 19.7 Å². The highest BCUT2D eigenvalue weighted by Crippen LogP contribution is 2.46. The number of hydrogen-bond donors (Lipinski definition) is 1. The highest BCUT2D eigenvalue weighted by molar-refractivity contribution is 5.80. The van der Waals surface area contributed by atoms with Crippen molar-refractivity contribution >= 4 is 12.2 Å². The summed E-state index contributed by atoms with van der Waals surface area (Å²) in [7, 11) is 0. The van der Waals surface area contributed by atoms with Crippen LogP contribution in [0.2, 0.25) is 0 Å². The Bertz CT molecular complexity index is 1660. The molecule has 0 aromatic heterocycles. The van der Waals surface area contributed by atoms with Crippen LogP contribution in [0.25, 0.3) is 22.3 Å². The van der Waals surface area contributed by atoms with E-state index < -0.39 is 0 Å². The molecule has 4 aromatic carbocycles. The Balaban J connectivity index is 0.831. The summed E-state index contributed by atoms with van der Waals surface area (Å²) >= 11 is 0. The van der Waals surface area contributed by atoms with Crippen LogP contribution >= 0.6 is 0 Å². The molecule has 1 N–H and O–H groups in total. The molecule has 2 amide bonds. The van der Waals surface area contributed by atoms with Crippen molar-refractivity contribution in [2.45, 2.75) is 62.4 Å². The maximum absolute atomic E-state index is 13.6. The van der Waals surface area contributed by atoms with Gasteiger partial charge in [-0.15, -0.1) is 0 Å². The van der Waals surface area contributed by atoms with Crippen LogP contribution in [0.4, 0.5) is 9.59 Å². The van der Waals surface area contributed by atoms with Crippen molar-refractivity contribution in [2.24, 2.45) is 5.92 Å². The first-order chi connectivity index (χ1) is 22.7. The summed E-state index contributed by atoms with van der Waals surface area (Å²) in [6, 6.07) is 34.1. The van der Waals surface area contributed by atoms with Crippen LogP contribution in [0.5, 0.6) is 0 Å². The summed E-state index contributed by atoms with van der Waals surface area (Å²) in [5.41, 5.74) is 9.83. The first kappa shape index (κ1) is 28.9. The topological polar surface area (TPSA) is 67.9 Å². The largest absolute Gasteiger partial charge is 0.449 e. The Morgan fingerprint density at radius 3 is 1.54 bits per heavy atom. The molecule has 2 atom stereocenters. The third-order valence-corrected chi connectivity index (χ3v) is 10.8. The van der Waals surface area contributed by atoms with Crippen molar-refractivity contribution in [1.29, 1.82) is 0 Å². The summed E-state index contributed by atoms with van der Waals surface area (Å²) in [5, 5.41) is 3.00. The first-order valence-electron chi connectivity index (χ1n) is 16.9. The van der Waals surface area contributed by atoms with Gasteiger partial charge in [-0.2, -0.15) is 0 Å². The fraction of sp³-hybridized carbons (Fsp3) is 0.350. The van der Waals surface area contributed by atoms with Gasteiger partial charge in [0, 0.05) is 30.5 Å². The van der Waals surface area contributed by atoms with Crippen LogP contribution in [0.15, 0.2) is 97.1 Å². The molecule has 2 fully saturated rings. The molecule has 2 heterocycles. The molecular formula is C40H40N2O4. The normalized spacial score (nSPS) is 21.1. The van der Waals surface area contributed by atoms with Crippen LogP contribution in [-0.2, 0) is 9.47 Å². The third kappa shape index (κ3) is 5.24. The molecule has 2 aliphatic carbocycles. The summed E-state index contributed by atoms with van der Waals surface area (Å²) in [6.07, 6.45) is 5.42. The number of nitrogens with one attached hydrogen (secondary N) is 1. The number of rotatable bonds is 7. The Hall–Kier alpha value is -4.58. The number of fused-ring (bicyclic) bond motifs is 8. The lowest BCUT2D eigenvalue weighted by molar-refractivity contribution is 0.00391. The van der Waals surface area contributed by atoms with E-state index in [0.717, 1.165) is 38.5 Å². The number of ether oxygens (including phenoxy) is 2. The number of carbonyl (C=O) groups is 2. The van der Waals surface area contributed by atoms with Gasteiger partial charge in [-0.25, -0.2) is 9.59 Å². The van der Waals surface area contributed by atoms with E-state index in [2.05, 4.69) is 90.2 Å². The Labute approximate surface area is 270 Å². The second kappa shape index (κ2) is 12.3. The van der Waals surface area contributed by atoms with E-state index in [1.807, 2.05) is 17.0 Å². The van der Waals surface area contributed by atoms with Gasteiger partial charge in [0.2, 0.25) is 0 Å². The average Bonchev–Trinajstić information content (AvgIpc) is 3.58. The van der Waals surface area contributed by atoms with Crippen LogP contribution in [-0.4, -0.2) is 48.9 Å². The summed E-state index contributed by atoms with van der Waals surface area (Å²) in [5.74, 6) is 0.583. The molecule has 2 saturated heterocycles. The SMILES string of the molecule is O=C(NCCC1CC2CCCC(C1)N2C(=O)OCC1c2ccccc2-c2ccccc21)OCC1c2ccccc2-c2ccccc21. The molecule has 2 unspecified atom stereocenters. The standard InChI is InChI=1S/C40H40N2O4/c43-39(45-24-37-33-16-5-1-12-29(33)30-13-2-6-17-34(30)37)41-21-20-26-22-27-10-9-11-28(23-26)42(27)40(44)46-25-38-35-18-7-3-14-31(35)32-15-4-8-19-36(32)38/h1-8,12-19,26-28,37-38H,9-11,20-25H2,(H,41,43). The highest BCUT2D eigenvalue weighted by Gasteiger charge is 2.42. The van der Waals surface area contributed by atoms with Crippen LogP contribution < -0.4 is 5.32 Å². The molecule has 6 nitrogen and oxygen atoms in total. The fourth-order valence-corrected chi connectivity index (χ4v) is 8.72. The van der Waals surface area contributed by atoms with Crippen molar-refractivity contribution in [3.05, 3.63) is 119 Å². The predicted molar refractivity (Wildman–Crippen MR) is 179 cm³/mol. The molecule has 6 heteroatoms. The molecule has 8 rings (SSSR count). The van der Waals surface area contributed by atoms with E-state index in [4.69, 9.17) is 9.47 Å². The van der Waals surface area contributed by atoms with Gasteiger partial charge in [0.05, 0.1) is 0 Å².